The molecule has 0 unspecified atom stereocenters. The molecular weight excluding hydrogens is 176 g/mol. The van der Waals surface area contributed by atoms with E-state index in [1.165, 1.54) is 12.4 Å². The maximum absolute atomic E-state index is 10.4. The van der Waals surface area contributed by atoms with Crippen LogP contribution in [0.25, 0.3) is 0 Å². The molecule has 64 valence electrons. The van der Waals surface area contributed by atoms with Crippen molar-refractivity contribution in [1.29, 1.82) is 0 Å². The highest BCUT2D eigenvalue weighted by molar-refractivity contribution is 7.97. The van der Waals surface area contributed by atoms with Crippen LogP contribution < -0.4 is 0 Å². The molecule has 4 nitrogen and oxygen atoms in total. The Labute approximate surface area is 74.0 Å². The molecule has 0 aliphatic heterocycles. The van der Waals surface area contributed by atoms with Crippen LogP contribution in [0, 0.1) is 0 Å². The van der Waals surface area contributed by atoms with Gasteiger partial charge in [-0.25, -0.2) is 9.78 Å². The molecule has 0 aliphatic rings. The summed E-state index contributed by atoms with van der Waals surface area (Å²) >= 11 is 1.62. The monoisotopic (exact) mass is 184 g/mol. The molecule has 5 heteroatoms. The summed E-state index contributed by atoms with van der Waals surface area (Å²) in [6, 6.07) is 0. The van der Waals surface area contributed by atoms with Crippen LogP contribution in [0.2, 0.25) is 0 Å². The van der Waals surface area contributed by atoms with Crippen LogP contribution in [0.4, 0.5) is 0 Å². The molecule has 0 aliphatic carbocycles. The summed E-state index contributed by atoms with van der Waals surface area (Å²) in [7, 11) is 0. The minimum atomic E-state index is -1.04. The largest absolute Gasteiger partial charge is 0.476 e. The van der Waals surface area contributed by atoms with Crippen molar-refractivity contribution < 1.29 is 9.90 Å². The average Bonchev–Trinajstić information content (AvgIpc) is 2.06. The van der Waals surface area contributed by atoms with Crippen LogP contribution in [-0.2, 0) is 5.75 Å². The number of hydrogen-bond acceptors (Lipinski definition) is 4. The molecule has 1 rings (SSSR count). The Bertz CT molecular complexity index is 273. The van der Waals surface area contributed by atoms with Crippen LogP contribution >= 0.6 is 11.8 Å². The molecule has 0 amide bonds. The Morgan fingerprint density at radius 3 is 2.75 bits per heavy atom. The van der Waals surface area contributed by atoms with Crippen molar-refractivity contribution in [3.63, 3.8) is 0 Å². The minimum Gasteiger partial charge on any atom is -0.476 e. The molecule has 0 bridgehead atoms. The van der Waals surface area contributed by atoms with E-state index in [-0.39, 0.29) is 5.69 Å². The molecule has 12 heavy (non-hydrogen) atoms. The van der Waals surface area contributed by atoms with Gasteiger partial charge in [-0.2, -0.15) is 11.8 Å². The summed E-state index contributed by atoms with van der Waals surface area (Å²) in [6.45, 7) is 0. The van der Waals surface area contributed by atoms with Gasteiger partial charge in [-0.15, -0.1) is 0 Å². The van der Waals surface area contributed by atoms with Gasteiger partial charge < -0.3 is 5.11 Å². The van der Waals surface area contributed by atoms with Gasteiger partial charge in [0.1, 0.15) is 0 Å². The van der Waals surface area contributed by atoms with Gasteiger partial charge in [-0.3, -0.25) is 4.98 Å². The molecule has 0 atom stereocenters. The van der Waals surface area contributed by atoms with Gasteiger partial charge in [0.15, 0.2) is 5.69 Å². The zero-order valence-corrected chi connectivity index (χ0v) is 7.34. The standard InChI is InChI=1S/C7H8N2O2S/c1-12-4-5-2-9-6(3-8-5)7(10)11/h2-3H,4H2,1H3,(H,10,11). The molecule has 0 spiro atoms. The van der Waals surface area contributed by atoms with Gasteiger partial charge in [0.2, 0.25) is 0 Å². The highest BCUT2D eigenvalue weighted by Gasteiger charge is 2.03. The predicted molar refractivity (Wildman–Crippen MR) is 46.2 cm³/mol. The van der Waals surface area contributed by atoms with E-state index >= 15 is 0 Å². The zero-order valence-electron chi connectivity index (χ0n) is 6.52. The fourth-order valence-corrected chi connectivity index (χ4v) is 1.13. The Morgan fingerprint density at radius 1 is 1.58 bits per heavy atom. The molecule has 0 fully saturated rings. The molecule has 0 radical (unpaired) electrons. The third-order valence-electron chi connectivity index (χ3n) is 1.22. The number of carboxylic acids is 1. The fraction of sp³-hybridized carbons (Fsp3) is 0.286. The summed E-state index contributed by atoms with van der Waals surface area (Å²) in [5.74, 6) is -0.286. The van der Waals surface area contributed by atoms with Crippen molar-refractivity contribution in [3.05, 3.63) is 23.8 Å². The number of thioether (sulfide) groups is 1. The van der Waals surface area contributed by atoms with E-state index in [0.29, 0.717) is 0 Å². The van der Waals surface area contributed by atoms with Gasteiger partial charge in [0.25, 0.3) is 0 Å². The summed E-state index contributed by atoms with van der Waals surface area (Å²) in [6.07, 6.45) is 4.71. The molecule has 0 saturated carbocycles. The quantitative estimate of drug-likeness (QED) is 0.760. The first-order valence-electron chi connectivity index (χ1n) is 3.27. The lowest BCUT2D eigenvalue weighted by atomic mass is 10.4. The van der Waals surface area contributed by atoms with Crippen LogP contribution in [0.1, 0.15) is 16.2 Å². The second-order valence-corrected chi connectivity index (χ2v) is 3.00. The lowest BCUT2D eigenvalue weighted by Gasteiger charge is -1.96. The Hall–Kier alpha value is -1.10. The number of aromatic carboxylic acids is 1. The maximum atomic E-state index is 10.4. The number of carboxylic acid groups (broad SMARTS) is 1. The van der Waals surface area contributed by atoms with Crippen molar-refractivity contribution in [2.24, 2.45) is 0 Å². The third-order valence-corrected chi connectivity index (χ3v) is 1.80. The smallest absolute Gasteiger partial charge is 0.356 e. The Balaban J connectivity index is 2.78. The van der Waals surface area contributed by atoms with E-state index in [2.05, 4.69) is 9.97 Å². The van der Waals surface area contributed by atoms with E-state index in [9.17, 15) is 4.79 Å². The summed E-state index contributed by atoms with van der Waals surface area (Å²) in [5.41, 5.74) is 0.785. The zero-order chi connectivity index (χ0) is 8.97. The third kappa shape index (κ3) is 2.20. The summed E-state index contributed by atoms with van der Waals surface area (Å²) in [4.78, 5) is 18.0. The molecular formula is C7H8N2O2S. The molecule has 0 saturated heterocycles. The van der Waals surface area contributed by atoms with E-state index in [1.807, 2.05) is 6.26 Å². The molecule has 1 aromatic heterocycles. The van der Waals surface area contributed by atoms with Gasteiger partial charge in [-0.1, -0.05) is 0 Å². The average molecular weight is 184 g/mol. The number of aromatic nitrogens is 2. The van der Waals surface area contributed by atoms with Crippen molar-refractivity contribution in [3.8, 4) is 0 Å². The first-order valence-corrected chi connectivity index (χ1v) is 4.66. The number of hydrogen-bond donors (Lipinski definition) is 1. The molecule has 0 aromatic carbocycles. The van der Waals surface area contributed by atoms with Crippen molar-refractivity contribution >= 4 is 17.7 Å². The second kappa shape index (κ2) is 4.06. The Kier molecular flexibility index (Phi) is 3.04. The van der Waals surface area contributed by atoms with Crippen LogP contribution in [0.5, 0.6) is 0 Å². The lowest BCUT2D eigenvalue weighted by molar-refractivity contribution is 0.0690. The first kappa shape index (κ1) is 8.99. The van der Waals surface area contributed by atoms with Crippen molar-refractivity contribution in [2.45, 2.75) is 5.75 Å². The maximum Gasteiger partial charge on any atom is 0.356 e. The second-order valence-electron chi connectivity index (χ2n) is 2.13. The van der Waals surface area contributed by atoms with E-state index < -0.39 is 5.97 Å². The predicted octanol–water partition coefficient (Wildman–Crippen LogP) is 1.04. The normalized spacial score (nSPS) is 9.75. The number of carbonyl (C=O) groups is 1. The first-order chi connectivity index (χ1) is 5.74. The SMILES string of the molecule is CSCc1cnc(C(=O)O)cn1. The van der Waals surface area contributed by atoms with Gasteiger partial charge >= 0.3 is 5.97 Å². The molecule has 1 N–H and O–H groups in total. The van der Waals surface area contributed by atoms with E-state index in [1.54, 1.807) is 11.8 Å². The van der Waals surface area contributed by atoms with Gasteiger partial charge in [0, 0.05) is 5.75 Å². The van der Waals surface area contributed by atoms with Crippen LogP contribution in [-0.4, -0.2) is 27.3 Å². The van der Waals surface area contributed by atoms with Crippen molar-refractivity contribution in [2.75, 3.05) is 6.26 Å². The lowest BCUT2D eigenvalue weighted by Crippen LogP contribution is -2.01. The van der Waals surface area contributed by atoms with E-state index in [4.69, 9.17) is 5.11 Å². The van der Waals surface area contributed by atoms with Gasteiger partial charge in [0.05, 0.1) is 18.1 Å². The molecule has 1 aromatic rings. The number of nitrogens with zero attached hydrogens (tertiary/aromatic N) is 2. The van der Waals surface area contributed by atoms with Crippen LogP contribution in [0.3, 0.4) is 0 Å². The summed E-state index contributed by atoms with van der Waals surface area (Å²) < 4.78 is 0. The van der Waals surface area contributed by atoms with E-state index in [0.717, 1.165) is 11.4 Å². The summed E-state index contributed by atoms with van der Waals surface area (Å²) in [5, 5.41) is 8.50. The highest BCUT2D eigenvalue weighted by Crippen LogP contribution is 2.04. The number of rotatable bonds is 3. The topological polar surface area (TPSA) is 63.1 Å². The Morgan fingerprint density at radius 2 is 2.33 bits per heavy atom. The van der Waals surface area contributed by atoms with Crippen molar-refractivity contribution in [1.82, 2.24) is 9.97 Å². The fourth-order valence-electron chi connectivity index (χ4n) is 0.688. The minimum absolute atomic E-state index is 0.0140. The van der Waals surface area contributed by atoms with Gasteiger partial charge in [-0.05, 0) is 6.26 Å². The molecule has 1 heterocycles. The highest BCUT2D eigenvalue weighted by atomic mass is 32.2. The van der Waals surface area contributed by atoms with Crippen LogP contribution in [0.15, 0.2) is 12.4 Å².